The van der Waals surface area contributed by atoms with E-state index in [0.29, 0.717) is 0 Å². The molecule has 1 aromatic rings. The fourth-order valence-corrected chi connectivity index (χ4v) is 3.26. The number of ether oxygens (including phenoxy) is 2. The van der Waals surface area contributed by atoms with Crippen molar-refractivity contribution < 1.29 is 36.2 Å². The lowest BCUT2D eigenvalue weighted by molar-refractivity contribution is 0.0538. The second-order valence-corrected chi connectivity index (χ2v) is 7.70. The number of carbonyl (C=O) groups is 2. The lowest BCUT2D eigenvalue weighted by Gasteiger charge is -2.20. The van der Waals surface area contributed by atoms with Gasteiger partial charge in [0.15, 0.2) is 11.5 Å². The van der Waals surface area contributed by atoms with Crippen LogP contribution in [-0.4, -0.2) is 68.7 Å². The first-order chi connectivity index (χ1) is 13.7. The topological polar surface area (TPSA) is 125 Å². The average Bonchev–Trinajstić information content (AvgIpc) is 3.28. The summed E-state index contributed by atoms with van der Waals surface area (Å²) in [7, 11) is -3.68. The molecule has 0 radical (unpaired) electrons. The van der Waals surface area contributed by atoms with Crippen LogP contribution in [0.5, 0.6) is 0 Å². The summed E-state index contributed by atoms with van der Waals surface area (Å²) < 4.78 is 42.8. The Morgan fingerprint density at radius 1 is 1.31 bits per heavy atom. The van der Waals surface area contributed by atoms with Gasteiger partial charge in [0.1, 0.15) is 13.2 Å². The Hall–Kier alpha value is -2.92. The minimum absolute atomic E-state index is 0.0153. The van der Waals surface area contributed by atoms with Crippen LogP contribution in [0, 0.1) is 0 Å². The number of carbonyl (C=O) groups excluding carboxylic acids is 2. The third-order valence-corrected chi connectivity index (χ3v) is 4.35. The molecule has 2 heterocycles. The number of likely N-dealkylation sites (tertiary alicyclic amines) is 1. The number of hydrogen-bond acceptors (Lipinski definition) is 9. The molecule has 0 spiro atoms. The molecule has 29 heavy (non-hydrogen) atoms. The van der Waals surface area contributed by atoms with Crippen LogP contribution in [0.2, 0.25) is 0 Å². The van der Waals surface area contributed by atoms with Gasteiger partial charge < -0.3 is 14.0 Å². The highest BCUT2D eigenvalue weighted by atomic mass is 32.2. The molecule has 1 saturated heterocycles. The van der Waals surface area contributed by atoms with E-state index < -0.39 is 34.3 Å². The Morgan fingerprint density at radius 2 is 2.00 bits per heavy atom. The Bertz CT molecular complexity index is 889. The van der Waals surface area contributed by atoms with E-state index >= 15 is 0 Å². The second kappa shape index (κ2) is 10.0. The van der Waals surface area contributed by atoms with Gasteiger partial charge in [-0.25, -0.2) is 9.59 Å². The smallest absolute Gasteiger partial charge is 0.410 e. The van der Waals surface area contributed by atoms with Crippen LogP contribution >= 0.6 is 0 Å². The van der Waals surface area contributed by atoms with Crippen LogP contribution in [0.4, 0.5) is 4.79 Å². The van der Waals surface area contributed by atoms with Crippen molar-refractivity contribution in [2.45, 2.75) is 18.6 Å². The highest BCUT2D eigenvalue weighted by molar-refractivity contribution is 7.86. The first-order valence-corrected chi connectivity index (χ1v) is 10.4. The van der Waals surface area contributed by atoms with Crippen molar-refractivity contribution in [3.05, 3.63) is 48.9 Å². The first kappa shape index (κ1) is 22.4. The van der Waals surface area contributed by atoms with E-state index in [1.54, 1.807) is 6.08 Å². The van der Waals surface area contributed by atoms with Gasteiger partial charge in [0.05, 0.1) is 24.9 Å². The van der Waals surface area contributed by atoms with Crippen molar-refractivity contribution in [2.75, 3.05) is 26.0 Å². The van der Waals surface area contributed by atoms with Crippen molar-refractivity contribution in [1.82, 2.24) is 10.1 Å². The van der Waals surface area contributed by atoms with Crippen LogP contribution in [0.3, 0.4) is 0 Å². The van der Waals surface area contributed by atoms with E-state index in [0.717, 1.165) is 6.26 Å². The second-order valence-electron chi connectivity index (χ2n) is 6.10. The van der Waals surface area contributed by atoms with Crippen LogP contribution < -0.4 is 0 Å². The van der Waals surface area contributed by atoms with Gasteiger partial charge in [0, 0.05) is 12.5 Å². The van der Waals surface area contributed by atoms with Gasteiger partial charge in [-0.1, -0.05) is 36.5 Å². The summed E-state index contributed by atoms with van der Waals surface area (Å²) in [6.45, 7) is 7.02. The summed E-state index contributed by atoms with van der Waals surface area (Å²) in [6, 6.07) is 0.863. The zero-order valence-corrected chi connectivity index (χ0v) is 16.7. The number of rotatable bonds is 9. The Labute approximate surface area is 168 Å². The summed E-state index contributed by atoms with van der Waals surface area (Å²) >= 11 is 0. The van der Waals surface area contributed by atoms with Crippen molar-refractivity contribution in [3.63, 3.8) is 0 Å². The Balaban J connectivity index is 2.10. The maximum Gasteiger partial charge on any atom is 0.410 e. The van der Waals surface area contributed by atoms with E-state index in [4.69, 9.17) is 18.2 Å². The molecule has 0 aliphatic carbocycles. The van der Waals surface area contributed by atoms with Crippen LogP contribution in [0.1, 0.15) is 22.7 Å². The minimum atomic E-state index is -3.68. The molecule has 2 rings (SSSR count). The molecule has 1 fully saturated rings. The summed E-state index contributed by atoms with van der Waals surface area (Å²) in [4.78, 5) is 25.3. The van der Waals surface area contributed by atoms with Crippen LogP contribution in [0.25, 0.3) is 6.08 Å². The number of aromatic nitrogens is 1. The summed E-state index contributed by atoms with van der Waals surface area (Å²) in [5.41, 5.74) is -0.0153. The third kappa shape index (κ3) is 6.88. The number of hydrogen-bond donors (Lipinski definition) is 0. The summed E-state index contributed by atoms with van der Waals surface area (Å²) in [5.74, 6) is -0.409. The van der Waals surface area contributed by atoms with E-state index in [-0.39, 0.29) is 37.6 Å². The molecule has 158 valence electrons. The van der Waals surface area contributed by atoms with Gasteiger partial charge in [-0.2, -0.15) is 8.42 Å². The van der Waals surface area contributed by atoms with Gasteiger partial charge >= 0.3 is 12.1 Å². The molecule has 0 N–H and O–H groups in total. The highest BCUT2D eigenvalue weighted by Crippen LogP contribution is 2.24. The van der Waals surface area contributed by atoms with Crippen LogP contribution in [-0.2, 0) is 23.8 Å². The molecule has 10 nitrogen and oxygen atoms in total. The van der Waals surface area contributed by atoms with Gasteiger partial charge in [0.2, 0.25) is 0 Å². The normalized spacial score (nSPS) is 19.3. The largest absolute Gasteiger partial charge is 0.457 e. The van der Waals surface area contributed by atoms with Gasteiger partial charge in [-0.3, -0.25) is 9.08 Å². The van der Waals surface area contributed by atoms with Crippen molar-refractivity contribution in [1.29, 1.82) is 0 Å². The molecule has 0 aromatic carbocycles. The number of nitrogens with zero attached hydrogens (tertiary/aromatic N) is 2. The molecule has 1 aromatic heterocycles. The zero-order chi connectivity index (χ0) is 21.4. The van der Waals surface area contributed by atoms with Crippen molar-refractivity contribution in [3.8, 4) is 0 Å². The van der Waals surface area contributed by atoms with Gasteiger partial charge in [0.25, 0.3) is 10.1 Å². The molecular weight excluding hydrogens is 404 g/mol. The lowest BCUT2D eigenvalue weighted by Crippen LogP contribution is -2.35. The molecule has 1 amide bonds. The predicted molar refractivity (Wildman–Crippen MR) is 102 cm³/mol. The molecule has 0 saturated carbocycles. The Kier molecular flexibility index (Phi) is 7.74. The lowest BCUT2D eigenvalue weighted by atomic mass is 10.2. The van der Waals surface area contributed by atoms with Gasteiger partial charge in [-0.05, 0) is 6.08 Å². The van der Waals surface area contributed by atoms with Gasteiger partial charge in [-0.15, -0.1) is 0 Å². The van der Waals surface area contributed by atoms with Crippen LogP contribution in [0.15, 0.2) is 42.0 Å². The van der Waals surface area contributed by atoms with E-state index in [9.17, 15) is 18.0 Å². The molecule has 2 atom stereocenters. The molecule has 0 bridgehead atoms. The molecular formula is C18H22N2O8S. The molecule has 1 aliphatic heterocycles. The average molecular weight is 426 g/mol. The molecule has 11 heteroatoms. The molecule has 1 aliphatic rings. The third-order valence-electron chi connectivity index (χ3n) is 3.73. The highest BCUT2D eigenvalue weighted by Gasteiger charge is 2.37. The maximum atomic E-state index is 12.2. The summed E-state index contributed by atoms with van der Waals surface area (Å²) in [5, 5.41) is 3.62. The SMILES string of the molecule is C=CCOC(=O)c1cc(/C=C/[C@@H]2C[C@@H](OS(C)(=O)=O)CN2C(=O)OCC=C)on1. The standard InChI is InChI=1S/C18H22N2O8S/c1-4-8-25-17(21)16-11-14(27-19-16)7-6-13-10-15(28-29(3,23)24)12-20(13)18(22)26-9-5-2/h4-7,11,13,15H,1-2,8-10,12H2,3H3/b7-6+/t13-,15-/m1/s1. The van der Waals surface area contributed by atoms with E-state index in [1.165, 1.54) is 29.2 Å². The maximum absolute atomic E-state index is 12.2. The van der Waals surface area contributed by atoms with Crippen molar-refractivity contribution >= 4 is 28.3 Å². The first-order valence-electron chi connectivity index (χ1n) is 8.59. The fraction of sp³-hybridized carbons (Fsp3) is 0.389. The minimum Gasteiger partial charge on any atom is -0.457 e. The van der Waals surface area contributed by atoms with E-state index in [2.05, 4.69) is 18.3 Å². The summed E-state index contributed by atoms with van der Waals surface area (Å²) in [6.07, 6.45) is 5.80. The molecule has 0 unspecified atom stereocenters. The van der Waals surface area contributed by atoms with E-state index in [1.807, 2.05) is 0 Å². The zero-order valence-electron chi connectivity index (χ0n) is 15.9. The fourth-order valence-electron chi connectivity index (χ4n) is 2.63. The Morgan fingerprint density at radius 3 is 2.66 bits per heavy atom. The van der Waals surface area contributed by atoms with Crippen molar-refractivity contribution in [2.24, 2.45) is 0 Å². The number of amides is 1. The quantitative estimate of drug-likeness (QED) is 0.330. The predicted octanol–water partition coefficient (Wildman–Crippen LogP) is 1.77. The number of esters is 1. The monoisotopic (exact) mass is 426 g/mol.